The summed E-state index contributed by atoms with van der Waals surface area (Å²) in [5.74, 6) is -2.88. The van der Waals surface area contributed by atoms with Gasteiger partial charge >= 0.3 is 0 Å². The molecule has 2 aromatic carbocycles. The minimum atomic E-state index is -0.813. The van der Waals surface area contributed by atoms with Gasteiger partial charge in [-0.05, 0) is 23.8 Å². The molecule has 0 saturated heterocycles. The molecule has 29 heavy (non-hydrogen) atoms. The summed E-state index contributed by atoms with van der Waals surface area (Å²) >= 11 is 6.26. The number of nitrogens with zero attached hydrogens (tertiary/aromatic N) is 2. The summed E-state index contributed by atoms with van der Waals surface area (Å²) in [6, 6.07) is 11.6. The van der Waals surface area contributed by atoms with Crippen LogP contribution in [0.4, 0.5) is 13.2 Å². The summed E-state index contributed by atoms with van der Waals surface area (Å²) in [6.45, 7) is 0. The SMILES string of the molecule is Oc1c(C(Cc2ncc(F)cc2F)c2ccc(F)cc2Cl)ccc2cccnc12. The summed E-state index contributed by atoms with van der Waals surface area (Å²) in [5.41, 5.74) is 1.28. The van der Waals surface area contributed by atoms with Crippen LogP contribution in [0.25, 0.3) is 10.9 Å². The van der Waals surface area contributed by atoms with Crippen molar-refractivity contribution in [2.24, 2.45) is 0 Å². The summed E-state index contributed by atoms with van der Waals surface area (Å²) in [7, 11) is 0. The lowest BCUT2D eigenvalue weighted by Gasteiger charge is -2.21. The molecule has 0 aliphatic rings. The molecular formula is C22H14ClF3N2O. The summed E-state index contributed by atoms with van der Waals surface area (Å²) in [5, 5.41) is 11.7. The predicted octanol–water partition coefficient (Wildman–Crippen LogP) is 5.78. The Morgan fingerprint density at radius 2 is 1.72 bits per heavy atom. The van der Waals surface area contributed by atoms with Gasteiger partial charge in [0.1, 0.15) is 28.7 Å². The third kappa shape index (κ3) is 3.76. The van der Waals surface area contributed by atoms with E-state index >= 15 is 0 Å². The van der Waals surface area contributed by atoms with Gasteiger partial charge in [-0.2, -0.15) is 0 Å². The number of aromatic hydroxyl groups is 1. The Morgan fingerprint density at radius 1 is 0.931 bits per heavy atom. The maximum absolute atomic E-state index is 14.3. The third-order valence-electron chi connectivity index (χ3n) is 4.77. The van der Waals surface area contributed by atoms with Crippen LogP contribution in [0.15, 0.2) is 60.9 Å². The summed E-state index contributed by atoms with van der Waals surface area (Å²) in [6.07, 6.45) is 2.44. The highest BCUT2D eigenvalue weighted by Crippen LogP contribution is 2.40. The Balaban J connectivity index is 1.89. The maximum atomic E-state index is 14.3. The fourth-order valence-corrected chi connectivity index (χ4v) is 3.68. The van der Waals surface area contributed by atoms with E-state index in [0.29, 0.717) is 16.6 Å². The summed E-state index contributed by atoms with van der Waals surface area (Å²) < 4.78 is 41.1. The smallest absolute Gasteiger partial charge is 0.147 e. The molecule has 0 aliphatic heterocycles. The van der Waals surface area contributed by atoms with Crippen molar-refractivity contribution < 1.29 is 18.3 Å². The van der Waals surface area contributed by atoms with Crippen molar-refractivity contribution in [3.8, 4) is 5.75 Å². The molecule has 0 amide bonds. The normalized spacial score (nSPS) is 12.3. The number of halogens is 4. The van der Waals surface area contributed by atoms with Crippen LogP contribution >= 0.6 is 11.6 Å². The fourth-order valence-electron chi connectivity index (χ4n) is 3.38. The van der Waals surface area contributed by atoms with Gasteiger partial charge in [0, 0.05) is 40.6 Å². The second-order valence-corrected chi connectivity index (χ2v) is 6.99. The Bertz CT molecular complexity index is 1220. The van der Waals surface area contributed by atoms with Crippen LogP contribution in [-0.4, -0.2) is 15.1 Å². The Morgan fingerprint density at radius 3 is 2.48 bits per heavy atom. The average molecular weight is 415 g/mol. The van der Waals surface area contributed by atoms with Crippen LogP contribution in [0.3, 0.4) is 0 Å². The molecule has 4 rings (SSSR count). The Kier molecular flexibility index (Phi) is 5.11. The number of fused-ring (bicyclic) bond motifs is 1. The number of rotatable bonds is 4. The molecule has 0 saturated carbocycles. The van der Waals surface area contributed by atoms with E-state index in [-0.39, 0.29) is 22.9 Å². The molecule has 1 atom stereocenters. The zero-order valence-electron chi connectivity index (χ0n) is 14.9. The van der Waals surface area contributed by atoms with E-state index in [0.717, 1.165) is 23.7 Å². The highest BCUT2D eigenvalue weighted by atomic mass is 35.5. The van der Waals surface area contributed by atoms with Gasteiger partial charge in [0.05, 0.1) is 11.9 Å². The number of phenolic OH excluding ortho intramolecular Hbond substituents is 1. The van der Waals surface area contributed by atoms with Crippen LogP contribution < -0.4 is 0 Å². The van der Waals surface area contributed by atoms with Crippen molar-refractivity contribution in [3.05, 3.63) is 100 Å². The molecule has 4 aromatic rings. The van der Waals surface area contributed by atoms with Crippen molar-refractivity contribution in [1.29, 1.82) is 0 Å². The molecule has 0 fully saturated rings. The van der Waals surface area contributed by atoms with E-state index in [9.17, 15) is 18.3 Å². The zero-order chi connectivity index (χ0) is 20.5. The van der Waals surface area contributed by atoms with Crippen molar-refractivity contribution in [3.63, 3.8) is 0 Å². The standard InChI is InChI=1S/C22H14ClF3N2O/c23-18-8-13(24)4-6-15(18)17(10-20-19(26)9-14(25)11-28-20)16-5-3-12-2-1-7-27-21(12)22(16)29/h1-9,11,17,29H,10H2. The number of pyridine rings is 2. The lowest BCUT2D eigenvalue weighted by atomic mass is 9.86. The fraction of sp³-hybridized carbons (Fsp3) is 0.0909. The molecule has 0 radical (unpaired) electrons. The first-order valence-electron chi connectivity index (χ1n) is 8.75. The molecule has 1 unspecified atom stereocenters. The van der Waals surface area contributed by atoms with Gasteiger partial charge < -0.3 is 5.11 Å². The van der Waals surface area contributed by atoms with Crippen molar-refractivity contribution in [1.82, 2.24) is 9.97 Å². The molecule has 7 heteroatoms. The van der Waals surface area contributed by atoms with Crippen molar-refractivity contribution in [2.75, 3.05) is 0 Å². The maximum Gasteiger partial charge on any atom is 0.147 e. The Hall–Kier alpha value is -3.12. The van der Waals surface area contributed by atoms with E-state index in [1.165, 1.54) is 12.1 Å². The quantitative estimate of drug-likeness (QED) is 0.460. The van der Waals surface area contributed by atoms with Gasteiger partial charge in [-0.1, -0.05) is 35.9 Å². The van der Waals surface area contributed by atoms with Crippen LogP contribution in [0.1, 0.15) is 22.7 Å². The van der Waals surface area contributed by atoms with Crippen molar-refractivity contribution >= 4 is 22.5 Å². The number of benzene rings is 2. The van der Waals surface area contributed by atoms with Crippen LogP contribution in [0.2, 0.25) is 5.02 Å². The second-order valence-electron chi connectivity index (χ2n) is 6.58. The van der Waals surface area contributed by atoms with Gasteiger partial charge in [0.2, 0.25) is 0 Å². The van der Waals surface area contributed by atoms with E-state index < -0.39 is 23.4 Å². The first-order valence-corrected chi connectivity index (χ1v) is 9.13. The van der Waals surface area contributed by atoms with Gasteiger partial charge in [-0.15, -0.1) is 0 Å². The van der Waals surface area contributed by atoms with Crippen LogP contribution in [0, 0.1) is 17.5 Å². The van der Waals surface area contributed by atoms with Crippen LogP contribution in [0.5, 0.6) is 5.75 Å². The number of aromatic nitrogens is 2. The summed E-state index contributed by atoms with van der Waals surface area (Å²) in [4.78, 5) is 8.05. The molecule has 0 spiro atoms. The van der Waals surface area contributed by atoms with Gasteiger partial charge in [-0.25, -0.2) is 13.2 Å². The zero-order valence-corrected chi connectivity index (χ0v) is 15.7. The molecule has 1 N–H and O–H groups in total. The second kappa shape index (κ2) is 7.72. The molecular weight excluding hydrogens is 401 g/mol. The molecule has 0 aliphatic carbocycles. The molecule has 2 aromatic heterocycles. The van der Waals surface area contributed by atoms with Crippen molar-refractivity contribution in [2.45, 2.75) is 12.3 Å². The average Bonchev–Trinajstić information content (AvgIpc) is 2.69. The highest BCUT2D eigenvalue weighted by Gasteiger charge is 2.24. The largest absolute Gasteiger partial charge is 0.505 e. The van der Waals surface area contributed by atoms with Crippen LogP contribution in [-0.2, 0) is 6.42 Å². The van der Waals surface area contributed by atoms with E-state index in [4.69, 9.17) is 11.6 Å². The monoisotopic (exact) mass is 414 g/mol. The van der Waals surface area contributed by atoms with Gasteiger partial charge in [-0.3, -0.25) is 9.97 Å². The number of hydrogen-bond acceptors (Lipinski definition) is 3. The minimum absolute atomic E-state index is 0.00249. The molecule has 146 valence electrons. The molecule has 3 nitrogen and oxygen atoms in total. The highest BCUT2D eigenvalue weighted by molar-refractivity contribution is 6.31. The van der Waals surface area contributed by atoms with E-state index in [1.807, 2.05) is 0 Å². The lowest BCUT2D eigenvalue weighted by Crippen LogP contribution is -2.10. The van der Waals surface area contributed by atoms with Gasteiger partial charge in [0.15, 0.2) is 0 Å². The van der Waals surface area contributed by atoms with Gasteiger partial charge in [0.25, 0.3) is 0 Å². The third-order valence-corrected chi connectivity index (χ3v) is 5.10. The predicted molar refractivity (Wildman–Crippen MR) is 105 cm³/mol. The lowest BCUT2D eigenvalue weighted by molar-refractivity contribution is 0.468. The molecule has 2 heterocycles. The minimum Gasteiger partial charge on any atom is -0.505 e. The topological polar surface area (TPSA) is 46.0 Å². The van der Waals surface area contributed by atoms with E-state index in [2.05, 4.69) is 9.97 Å². The number of hydrogen-bond donors (Lipinski definition) is 1. The van der Waals surface area contributed by atoms with E-state index in [1.54, 1.807) is 30.5 Å². The first kappa shape index (κ1) is 19.2. The number of phenols is 1. The molecule has 0 bridgehead atoms. The first-order chi connectivity index (χ1) is 13.9. The Labute approximate surface area is 169 Å².